The van der Waals surface area contributed by atoms with Gasteiger partial charge in [-0.3, -0.25) is 9.69 Å². The van der Waals surface area contributed by atoms with E-state index in [1.807, 2.05) is 0 Å². The van der Waals surface area contributed by atoms with Crippen LogP contribution in [0.2, 0.25) is 0 Å². The van der Waals surface area contributed by atoms with Crippen LogP contribution in [0, 0.1) is 11.6 Å². The molecule has 0 spiro atoms. The molecule has 1 fully saturated rings. The molecule has 5 nitrogen and oxygen atoms in total. The maximum Gasteiger partial charge on any atom is 0.471 e. The Labute approximate surface area is 183 Å². The number of aromatic hydroxyl groups is 1. The number of amides is 1. The zero-order chi connectivity index (χ0) is 24.1. The van der Waals surface area contributed by atoms with E-state index in [1.54, 1.807) is 4.90 Å². The highest BCUT2D eigenvalue weighted by Crippen LogP contribution is 2.44. The van der Waals surface area contributed by atoms with Gasteiger partial charge in [0.2, 0.25) is 0 Å². The van der Waals surface area contributed by atoms with Gasteiger partial charge in [-0.1, -0.05) is 12.1 Å². The predicted octanol–water partition coefficient (Wildman–Crippen LogP) is 4.24. The van der Waals surface area contributed by atoms with E-state index in [1.165, 1.54) is 0 Å². The number of hydrogen-bond acceptors (Lipinski definition) is 4. The molecule has 2 aliphatic rings. The fourth-order valence-corrected chi connectivity index (χ4v) is 4.19. The molecule has 4 rings (SSSR count). The van der Waals surface area contributed by atoms with Crippen LogP contribution < -0.4 is 4.74 Å². The van der Waals surface area contributed by atoms with Crippen molar-refractivity contribution in [1.82, 2.24) is 9.80 Å². The van der Waals surface area contributed by atoms with Gasteiger partial charge in [-0.05, 0) is 12.1 Å². The van der Waals surface area contributed by atoms with Crippen molar-refractivity contribution < 1.29 is 45.4 Å². The number of alkyl halides is 5. The van der Waals surface area contributed by atoms with Crippen LogP contribution >= 0.6 is 0 Å². The van der Waals surface area contributed by atoms with Crippen molar-refractivity contribution in [3.8, 4) is 22.6 Å². The summed E-state index contributed by atoms with van der Waals surface area (Å²) in [4.78, 5) is 13.8. The second-order valence-corrected chi connectivity index (χ2v) is 7.76. The van der Waals surface area contributed by atoms with Crippen LogP contribution in [0.15, 0.2) is 24.3 Å². The van der Waals surface area contributed by atoms with Crippen LogP contribution in [0.25, 0.3) is 11.1 Å². The Morgan fingerprint density at radius 3 is 2.55 bits per heavy atom. The number of carbonyl (C=O) groups excluding carboxylic acids is 1. The minimum atomic E-state index is -5.04. The second kappa shape index (κ2) is 8.40. The van der Waals surface area contributed by atoms with Gasteiger partial charge >= 0.3 is 12.1 Å². The Bertz CT molecular complexity index is 1090. The average molecular weight is 478 g/mol. The number of ether oxygens (including phenoxy) is 1. The van der Waals surface area contributed by atoms with Crippen molar-refractivity contribution in [3.63, 3.8) is 0 Å². The van der Waals surface area contributed by atoms with Crippen molar-refractivity contribution in [2.45, 2.75) is 25.2 Å². The van der Waals surface area contributed by atoms with Gasteiger partial charge in [0.25, 0.3) is 6.43 Å². The molecule has 0 aromatic heterocycles. The number of fused-ring (bicyclic) bond motifs is 2. The van der Waals surface area contributed by atoms with Crippen molar-refractivity contribution in [2.24, 2.45) is 0 Å². The van der Waals surface area contributed by atoms with Crippen molar-refractivity contribution in [1.29, 1.82) is 0 Å². The van der Waals surface area contributed by atoms with E-state index in [2.05, 4.69) is 0 Å². The Balaban J connectivity index is 1.69. The quantitative estimate of drug-likeness (QED) is 0.657. The molecule has 2 aromatic carbocycles. The fraction of sp³-hybridized carbons (Fsp3) is 0.381. The van der Waals surface area contributed by atoms with E-state index in [-0.39, 0.29) is 38.3 Å². The third kappa shape index (κ3) is 4.19. The maximum atomic E-state index is 15.4. The molecule has 0 unspecified atom stereocenters. The monoisotopic (exact) mass is 478 g/mol. The minimum absolute atomic E-state index is 0.00921. The zero-order valence-electron chi connectivity index (χ0n) is 16.8. The average Bonchev–Trinajstić information content (AvgIpc) is 2.92. The van der Waals surface area contributed by atoms with Crippen LogP contribution in [0.3, 0.4) is 0 Å². The molecule has 0 radical (unpaired) electrons. The van der Waals surface area contributed by atoms with Gasteiger partial charge in [0.15, 0.2) is 11.6 Å². The van der Waals surface area contributed by atoms with Gasteiger partial charge < -0.3 is 14.7 Å². The first-order valence-corrected chi connectivity index (χ1v) is 9.83. The standard InChI is InChI=1S/C21H17F7N2O3/c22-13-6-10-7-29-4-5-30(20(32)21(26,27)28)8-11(29)9-33-18(10)17(23)16(13)15-12(19(24)25)2-1-3-14(15)31/h1-3,6,11,19,31H,4-5,7-9H2/t11-/m1/s1. The molecule has 178 valence electrons. The van der Waals surface area contributed by atoms with Gasteiger partial charge in [-0.2, -0.15) is 13.2 Å². The highest BCUT2D eigenvalue weighted by atomic mass is 19.4. The smallest absolute Gasteiger partial charge is 0.471 e. The normalized spacial score (nSPS) is 19.0. The highest BCUT2D eigenvalue weighted by molar-refractivity contribution is 5.82. The van der Waals surface area contributed by atoms with Crippen LogP contribution in [0.1, 0.15) is 17.6 Å². The van der Waals surface area contributed by atoms with Crippen molar-refractivity contribution in [2.75, 3.05) is 26.2 Å². The number of nitrogens with zero attached hydrogens (tertiary/aromatic N) is 2. The lowest BCUT2D eigenvalue weighted by molar-refractivity contribution is -0.188. The lowest BCUT2D eigenvalue weighted by Gasteiger charge is -2.39. The molecule has 2 aliphatic heterocycles. The fourth-order valence-electron chi connectivity index (χ4n) is 4.19. The molecule has 2 aromatic rings. The van der Waals surface area contributed by atoms with Crippen LogP contribution in [0.5, 0.6) is 11.5 Å². The lowest BCUT2D eigenvalue weighted by atomic mass is 9.95. The van der Waals surface area contributed by atoms with Gasteiger partial charge in [0, 0.05) is 42.9 Å². The summed E-state index contributed by atoms with van der Waals surface area (Å²) < 4.78 is 101. The Morgan fingerprint density at radius 2 is 1.88 bits per heavy atom. The van der Waals surface area contributed by atoms with Gasteiger partial charge in [0.1, 0.15) is 18.2 Å². The number of phenols is 1. The summed E-state index contributed by atoms with van der Waals surface area (Å²) >= 11 is 0. The molecule has 0 saturated carbocycles. The molecule has 0 bridgehead atoms. The minimum Gasteiger partial charge on any atom is -0.507 e. The molecule has 1 amide bonds. The third-order valence-electron chi connectivity index (χ3n) is 5.74. The van der Waals surface area contributed by atoms with Gasteiger partial charge in [-0.15, -0.1) is 0 Å². The van der Waals surface area contributed by atoms with Crippen molar-refractivity contribution >= 4 is 5.91 Å². The molecule has 12 heteroatoms. The molecule has 1 atom stereocenters. The summed E-state index contributed by atoms with van der Waals surface area (Å²) in [6.45, 7) is -0.972. The summed E-state index contributed by atoms with van der Waals surface area (Å²) in [7, 11) is 0. The summed E-state index contributed by atoms with van der Waals surface area (Å²) in [5.41, 5.74) is -2.35. The zero-order valence-corrected chi connectivity index (χ0v) is 16.8. The molecule has 0 aliphatic carbocycles. The van der Waals surface area contributed by atoms with E-state index in [9.17, 15) is 36.2 Å². The largest absolute Gasteiger partial charge is 0.507 e. The Hall–Kier alpha value is -3.02. The van der Waals surface area contributed by atoms with E-state index < -0.39 is 64.4 Å². The molecular weight excluding hydrogens is 461 g/mol. The van der Waals surface area contributed by atoms with Crippen molar-refractivity contribution in [3.05, 3.63) is 47.0 Å². The molecular formula is C21H17F7N2O3. The highest BCUT2D eigenvalue weighted by Gasteiger charge is 2.45. The SMILES string of the molecule is O=C(N1CCN2Cc3cc(F)c(-c4c(O)cccc4C(F)F)c(F)c3OC[C@H]2C1)C(F)(F)F. The second-order valence-electron chi connectivity index (χ2n) is 7.76. The summed E-state index contributed by atoms with van der Waals surface area (Å²) in [6.07, 6.45) is -8.17. The van der Waals surface area contributed by atoms with E-state index >= 15 is 4.39 Å². The molecule has 1 saturated heterocycles. The summed E-state index contributed by atoms with van der Waals surface area (Å²) in [6, 6.07) is 3.22. The first-order valence-electron chi connectivity index (χ1n) is 9.83. The van der Waals surface area contributed by atoms with Crippen LogP contribution in [-0.2, 0) is 11.3 Å². The molecule has 33 heavy (non-hydrogen) atoms. The van der Waals surface area contributed by atoms with Crippen LogP contribution in [-0.4, -0.2) is 59.3 Å². The summed E-state index contributed by atoms with van der Waals surface area (Å²) in [5, 5.41) is 10.1. The Kier molecular flexibility index (Phi) is 5.89. The van der Waals surface area contributed by atoms with E-state index in [4.69, 9.17) is 4.74 Å². The van der Waals surface area contributed by atoms with E-state index in [0.717, 1.165) is 24.3 Å². The number of halogens is 7. The first kappa shape index (κ1) is 23.1. The number of piperazine rings is 1. The maximum absolute atomic E-state index is 15.4. The third-order valence-corrected chi connectivity index (χ3v) is 5.74. The lowest BCUT2D eigenvalue weighted by Crippen LogP contribution is -2.57. The summed E-state index contributed by atoms with van der Waals surface area (Å²) in [5.74, 6) is -5.71. The van der Waals surface area contributed by atoms with Gasteiger partial charge in [-0.25, -0.2) is 17.6 Å². The van der Waals surface area contributed by atoms with Crippen LogP contribution in [0.4, 0.5) is 30.7 Å². The number of benzene rings is 2. The number of phenolic OH excluding ortho intramolecular Hbond substituents is 1. The molecule has 2 heterocycles. The predicted molar refractivity (Wildman–Crippen MR) is 101 cm³/mol. The number of rotatable bonds is 2. The molecule has 1 N–H and O–H groups in total. The Morgan fingerprint density at radius 1 is 1.15 bits per heavy atom. The van der Waals surface area contributed by atoms with E-state index in [0.29, 0.717) is 4.90 Å². The van der Waals surface area contributed by atoms with Gasteiger partial charge in [0.05, 0.1) is 11.6 Å². The first-order chi connectivity index (χ1) is 15.5. The number of hydrogen-bond donors (Lipinski definition) is 1. The number of carbonyl (C=O) groups is 1. The topological polar surface area (TPSA) is 53.0 Å².